The number of nitrogens with zero attached hydrogens (tertiary/aromatic N) is 2. The molecular formula is C32H43N3O4. The number of aliphatic hydroxyl groups is 2. The molecular weight excluding hydrogens is 490 g/mol. The van der Waals surface area contributed by atoms with Crippen molar-refractivity contribution in [1.82, 2.24) is 10.2 Å². The maximum atomic E-state index is 14.3. The Morgan fingerprint density at radius 2 is 1.82 bits per heavy atom. The molecule has 39 heavy (non-hydrogen) atoms. The third-order valence-electron chi connectivity index (χ3n) is 8.35. The predicted molar refractivity (Wildman–Crippen MR) is 153 cm³/mol. The first-order valence-corrected chi connectivity index (χ1v) is 14.5. The zero-order valence-electron chi connectivity index (χ0n) is 23.5. The van der Waals surface area contributed by atoms with Gasteiger partial charge < -0.3 is 20.4 Å². The third kappa shape index (κ3) is 6.59. The van der Waals surface area contributed by atoms with E-state index in [1.807, 2.05) is 37.3 Å². The van der Waals surface area contributed by atoms with E-state index in [1.165, 1.54) is 0 Å². The summed E-state index contributed by atoms with van der Waals surface area (Å²) in [6, 6.07) is 15.4. The van der Waals surface area contributed by atoms with Gasteiger partial charge in [0.25, 0.3) is 11.8 Å². The molecule has 2 aromatic rings. The van der Waals surface area contributed by atoms with Crippen LogP contribution in [-0.4, -0.2) is 51.1 Å². The Balaban J connectivity index is 1.66. The molecule has 210 valence electrons. The highest BCUT2D eigenvalue weighted by Crippen LogP contribution is 2.47. The lowest BCUT2D eigenvalue weighted by Gasteiger charge is -2.45. The first-order chi connectivity index (χ1) is 18.8. The van der Waals surface area contributed by atoms with Crippen LogP contribution in [0.1, 0.15) is 105 Å². The Morgan fingerprint density at radius 1 is 1.10 bits per heavy atom. The standard InChI is InChI=1S/C32H43N3O4/c1-4-6-10-27(24-11-13-25(14-12-24)30(38)33-20-17-28(36)37)35-31(39)29(26-9-7-8-22(3)21-26)34-32(35)18-15-23(5-2)16-19-32/h7-9,11-14,21,23,27-28,36-37H,4-6,10,15-20H2,1-3H3,(H,33,38). The van der Waals surface area contributed by atoms with Crippen molar-refractivity contribution >= 4 is 17.5 Å². The van der Waals surface area contributed by atoms with Crippen LogP contribution in [0, 0.1) is 12.8 Å². The Kier molecular flexibility index (Phi) is 9.57. The monoisotopic (exact) mass is 533 g/mol. The summed E-state index contributed by atoms with van der Waals surface area (Å²) in [5, 5.41) is 20.8. The van der Waals surface area contributed by atoms with Crippen LogP contribution >= 0.6 is 0 Å². The van der Waals surface area contributed by atoms with E-state index in [2.05, 4.69) is 30.1 Å². The van der Waals surface area contributed by atoms with Gasteiger partial charge in [0, 0.05) is 24.1 Å². The summed E-state index contributed by atoms with van der Waals surface area (Å²) in [6.07, 6.45) is 6.47. The molecule has 0 aromatic heterocycles. The fourth-order valence-corrected chi connectivity index (χ4v) is 6.04. The lowest BCUT2D eigenvalue weighted by molar-refractivity contribution is -0.133. The van der Waals surface area contributed by atoms with Crippen LogP contribution in [-0.2, 0) is 4.79 Å². The molecule has 1 heterocycles. The molecule has 3 N–H and O–H groups in total. The van der Waals surface area contributed by atoms with Crippen molar-refractivity contribution in [3.8, 4) is 0 Å². The van der Waals surface area contributed by atoms with Gasteiger partial charge in [-0.3, -0.25) is 14.6 Å². The van der Waals surface area contributed by atoms with E-state index in [-0.39, 0.29) is 30.8 Å². The van der Waals surface area contributed by atoms with E-state index in [0.29, 0.717) is 17.2 Å². The fraction of sp³-hybridized carbons (Fsp3) is 0.531. The topological polar surface area (TPSA) is 102 Å². The number of nitrogens with one attached hydrogen (secondary N) is 1. The van der Waals surface area contributed by atoms with E-state index < -0.39 is 12.0 Å². The molecule has 2 aliphatic rings. The van der Waals surface area contributed by atoms with Crippen molar-refractivity contribution in [1.29, 1.82) is 0 Å². The van der Waals surface area contributed by atoms with Crippen LogP contribution in [0.15, 0.2) is 53.5 Å². The summed E-state index contributed by atoms with van der Waals surface area (Å²) < 4.78 is 0. The molecule has 1 aliphatic carbocycles. The molecule has 1 atom stereocenters. The first kappa shape index (κ1) is 29.0. The molecule has 1 aliphatic heterocycles. The van der Waals surface area contributed by atoms with E-state index in [4.69, 9.17) is 15.2 Å². The zero-order valence-corrected chi connectivity index (χ0v) is 23.5. The van der Waals surface area contributed by atoms with Gasteiger partial charge in [-0.2, -0.15) is 0 Å². The Morgan fingerprint density at radius 3 is 2.44 bits per heavy atom. The third-order valence-corrected chi connectivity index (χ3v) is 8.35. The average molecular weight is 534 g/mol. The number of aryl methyl sites for hydroxylation is 1. The van der Waals surface area contributed by atoms with Crippen molar-refractivity contribution in [3.05, 3.63) is 70.8 Å². The molecule has 0 radical (unpaired) electrons. The highest BCUT2D eigenvalue weighted by molar-refractivity contribution is 6.46. The first-order valence-electron chi connectivity index (χ1n) is 14.5. The molecule has 7 heteroatoms. The van der Waals surface area contributed by atoms with Crippen LogP contribution in [0.2, 0.25) is 0 Å². The van der Waals surface area contributed by atoms with Crippen molar-refractivity contribution < 1.29 is 19.8 Å². The van der Waals surface area contributed by atoms with Crippen molar-refractivity contribution in [2.24, 2.45) is 10.9 Å². The van der Waals surface area contributed by atoms with Crippen molar-refractivity contribution in [2.45, 2.75) is 96.6 Å². The van der Waals surface area contributed by atoms with Gasteiger partial charge in [-0.05, 0) is 68.7 Å². The highest BCUT2D eigenvalue weighted by atomic mass is 16.5. The van der Waals surface area contributed by atoms with Gasteiger partial charge >= 0.3 is 0 Å². The second kappa shape index (κ2) is 12.9. The number of carbonyl (C=O) groups excluding carboxylic acids is 2. The molecule has 4 rings (SSSR count). The molecule has 0 bridgehead atoms. The van der Waals surface area contributed by atoms with Gasteiger partial charge in [-0.25, -0.2) is 0 Å². The van der Waals surface area contributed by atoms with Crippen LogP contribution in [0.4, 0.5) is 0 Å². The lowest BCUT2D eigenvalue weighted by Crippen LogP contribution is -2.50. The largest absolute Gasteiger partial charge is 0.368 e. The van der Waals surface area contributed by atoms with Crippen molar-refractivity contribution in [2.75, 3.05) is 6.54 Å². The minimum absolute atomic E-state index is 0.000956. The maximum absolute atomic E-state index is 14.3. The van der Waals surface area contributed by atoms with E-state index in [1.54, 1.807) is 12.1 Å². The fourth-order valence-electron chi connectivity index (χ4n) is 6.04. The maximum Gasteiger partial charge on any atom is 0.275 e. The van der Waals surface area contributed by atoms with Gasteiger partial charge in [-0.15, -0.1) is 0 Å². The molecule has 2 amide bonds. The SMILES string of the molecule is CCCCC(c1ccc(C(=O)NCCC(O)O)cc1)N1C(=O)C(c2cccc(C)c2)=NC12CCC(CC)CC2. The van der Waals surface area contributed by atoms with Gasteiger partial charge in [0.05, 0.1) is 6.04 Å². The quantitative estimate of drug-likeness (QED) is 0.342. The lowest BCUT2D eigenvalue weighted by atomic mass is 9.79. The Hall–Kier alpha value is -3.03. The number of rotatable bonds is 11. The molecule has 1 unspecified atom stereocenters. The highest BCUT2D eigenvalue weighted by Gasteiger charge is 2.51. The summed E-state index contributed by atoms with van der Waals surface area (Å²) in [5.41, 5.74) is 3.53. The van der Waals surface area contributed by atoms with Crippen LogP contribution in [0.25, 0.3) is 0 Å². The molecule has 0 saturated heterocycles. The predicted octanol–water partition coefficient (Wildman–Crippen LogP) is 5.28. The second-order valence-corrected chi connectivity index (χ2v) is 11.1. The van der Waals surface area contributed by atoms with Crippen LogP contribution in [0.5, 0.6) is 0 Å². The summed E-state index contributed by atoms with van der Waals surface area (Å²) >= 11 is 0. The molecule has 2 aromatic carbocycles. The normalized spacial score (nSPS) is 21.9. The van der Waals surface area contributed by atoms with E-state index in [0.717, 1.165) is 68.1 Å². The smallest absolute Gasteiger partial charge is 0.275 e. The molecule has 1 spiro atoms. The van der Waals surface area contributed by atoms with Gasteiger partial charge in [0.15, 0.2) is 6.29 Å². The number of amides is 2. The number of benzene rings is 2. The number of hydrogen-bond donors (Lipinski definition) is 3. The molecule has 1 fully saturated rings. The summed E-state index contributed by atoms with van der Waals surface area (Å²) in [7, 11) is 0. The summed E-state index contributed by atoms with van der Waals surface area (Å²) in [4.78, 5) is 34.2. The number of hydrogen-bond acceptors (Lipinski definition) is 5. The number of carbonyl (C=O) groups is 2. The summed E-state index contributed by atoms with van der Waals surface area (Å²) in [5.74, 6) is 0.412. The minimum Gasteiger partial charge on any atom is -0.368 e. The van der Waals surface area contributed by atoms with Gasteiger partial charge in [0.2, 0.25) is 0 Å². The minimum atomic E-state index is -1.45. The number of unbranched alkanes of at least 4 members (excludes halogenated alkanes) is 1. The number of aliphatic hydroxyl groups excluding tert-OH is 1. The second-order valence-electron chi connectivity index (χ2n) is 11.1. The van der Waals surface area contributed by atoms with Gasteiger partial charge in [0.1, 0.15) is 11.4 Å². The Bertz CT molecular complexity index is 1170. The van der Waals surface area contributed by atoms with Crippen molar-refractivity contribution in [3.63, 3.8) is 0 Å². The zero-order chi connectivity index (χ0) is 28.0. The molecule has 7 nitrogen and oxygen atoms in total. The van der Waals surface area contributed by atoms with Crippen LogP contribution in [0.3, 0.4) is 0 Å². The summed E-state index contributed by atoms with van der Waals surface area (Å²) in [6.45, 7) is 6.63. The van der Waals surface area contributed by atoms with E-state index in [9.17, 15) is 9.59 Å². The number of aliphatic imine (C=N–C) groups is 1. The van der Waals surface area contributed by atoms with Gasteiger partial charge in [-0.1, -0.05) is 69.0 Å². The van der Waals surface area contributed by atoms with Crippen LogP contribution < -0.4 is 5.32 Å². The molecule has 1 saturated carbocycles. The van der Waals surface area contributed by atoms with E-state index >= 15 is 0 Å². The average Bonchev–Trinajstić information content (AvgIpc) is 3.21. The Labute approximate surface area is 232 Å².